The van der Waals surface area contributed by atoms with Crippen LogP contribution in [0.3, 0.4) is 0 Å². The van der Waals surface area contributed by atoms with Crippen molar-refractivity contribution in [3.63, 3.8) is 0 Å². The van der Waals surface area contributed by atoms with E-state index in [1.54, 1.807) is 37.5 Å². The largest absolute Gasteiger partial charge is 0.481 e. The first-order valence-electron chi connectivity index (χ1n) is 13.0. The van der Waals surface area contributed by atoms with Gasteiger partial charge in [-0.1, -0.05) is 47.6 Å². The molecule has 9 heteroatoms. The van der Waals surface area contributed by atoms with Crippen LogP contribution in [0.2, 0.25) is 0 Å². The second-order valence-electron chi connectivity index (χ2n) is 9.81. The van der Waals surface area contributed by atoms with E-state index in [-0.39, 0.29) is 36.0 Å². The fourth-order valence-corrected chi connectivity index (χ4v) is 4.71. The topological polar surface area (TPSA) is 121 Å². The summed E-state index contributed by atoms with van der Waals surface area (Å²) in [4.78, 5) is 34.5. The molecule has 4 rings (SSSR count). The summed E-state index contributed by atoms with van der Waals surface area (Å²) in [5, 5.41) is 24.9. The summed E-state index contributed by atoms with van der Waals surface area (Å²) >= 11 is 0. The molecule has 0 radical (unpaired) electrons. The van der Waals surface area contributed by atoms with Crippen molar-refractivity contribution < 1.29 is 24.3 Å². The Bertz CT molecular complexity index is 1640. The van der Waals surface area contributed by atoms with Crippen LogP contribution in [0.1, 0.15) is 47.4 Å². The molecule has 1 unspecified atom stereocenters. The van der Waals surface area contributed by atoms with Crippen LogP contribution in [-0.2, 0) is 16.6 Å². The van der Waals surface area contributed by atoms with Crippen LogP contribution in [0.25, 0.3) is 11.1 Å². The molecule has 4 aromatic rings. The van der Waals surface area contributed by atoms with Crippen molar-refractivity contribution in [1.29, 1.82) is 0 Å². The summed E-state index contributed by atoms with van der Waals surface area (Å²) in [5.74, 6) is -2.00. The molecule has 3 aromatic carbocycles. The molecule has 1 aromatic heterocycles. The summed E-state index contributed by atoms with van der Waals surface area (Å²) in [7, 11) is 1.63. The number of aromatic nitrogens is 1. The number of oxime groups is 1. The molecule has 8 nitrogen and oxygen atoms in total. The smallest absolute Gasteiger partial charge is 0.303 e. The summed E-state index contributed by atoms with van der Waals surface area (Å²) in [6.45, 7) is 1.84. The van der Waals surface area contributed by atoms with Crippen LogP contribution in [0.4, 0.5) is 10.1 Å². The van der Waals surface area contributed by atoms with Crippen molar-refractivity contribution in [2.75, 3.05) is 5.32 Å². The third-order valence-electron chi connectivity index (χ3n) is 6.93. The third kappa shape index (κ3) is 7.33. The Morgan fingerprint density at radius 2 is 1.61 bits per heavy atom. The number of hydrogen-bond acceptors (Lipinski definition) is 5. The van der Waals surface area contributed by atoms with Gasteiger partial charge in [-0.05, 0) is 65.1 Å². The van der Waals surface area contributed by atoms with Gasteiger partial charge in [0, 0.05) is 49.3 Å². The molecule has 0 bridgehead atoms. The first-order chi connectivity index (χ1) is 19.6. The molecule has 0 saturated heterocycles. The quantitative estimate of drug-likeness (QED) is 0.132. The van der Waals surface area contributed by atoms with Crippen molar-refractivity contribution in [3.8, 4) is 11.1 Å². The lowest BCUT2D eigenvalue weighted by Crippen LogP contribution is -2.18. The number of carboxylic acids is 1. The van der Waals surface area contributed by atoms with Crippen LogP contribution in [0.15, 0.2) is 95.0 Å². The van der Waals surface area contributed by atoms with Gasteiger partial charge in [-0.25, -0.2) is 4.39 Å². The molecule has 3 N–H and O–H groups in total. The molecule has 0 fully saturated rings. The van der Waals surface area contributed by atoms with Crippen molar-refractivity contribution in [1.82, 2.24) is 4.57 Å². The Labute approximate surface area is 236 Å². The highest BCUT2D eigenvalue weighted by molar-refractivity contribution is 6.00. The standard InChI is InChI=1S/C32H30FN3O5/c1-20-17-25(33)10-13-27(20)28(18-29(35-41)24-9-15-31(38)36(2)19-24)23-5-3-21(4-6-23)22-7-11-26(12-8-22)34-30(37)14-16-32(39)40/h3-13,15,17,19,28,41H,14,16,18H2,1-2H3,(H,34,37)(H,39,40)/b35-29-. The predicted molar refractivity (Wildman–Crippen MR) is 155 cm³/mol. The van der Waals surface area contributed by atoms with Gasteiger partial charge in [-0.15, -0.1) is 0 Å². The van der Waals surface area contributed by atoms with Gasteiger partial charge in [0.25, 0.3) is 0 Å². The monoisotopic (exact) mass is 555 g/mol. The number of halogens is 1. The van der Waals surface area contributed by atoms with Crippen molar-refractivity contribution in [2.24, 2.45) is 12.2 Å². The first kappa shape index (κ1) is 28.9. The van der Waals surface area contributed by atoms with Gasteiger partial charge < -0.3 is 20.2 Å². The number of hydrogen-bond donors (Lipinski definition) is 3. The van der Waals surface area contributed by atoms with E-state index in [2.05, 4.69) is 10.5 Å². The zero-order valence-electron chi connectivity index (χ0n) is 22.7. The molecule has 0 spiro atoms. The van der Waals surface area contributed by atoms with E-state index in [0.717, 1.165) is 27.8 Å². The molecule has 1 amide bonds. The van der Waals surface area contributed by atoms with E-state index < -0.39 is 5.97 Å². The number of anilines is 1. The van der Waals surface area contributed by atoms with Gasteiger partial charge >= 0.3 is 5.97 Å². The lowest BCUT2D eigenvalue weighted by molar-refractivity contribution is -0.138. The van der Waals surface area contributed by atoms with Crippen LogP contribution in [0, 0.1) is 12.7 Å². The van der Waals surface area contributed by atoms with E-state index >= 15 is 0 Å². The summed E-state index contributed by atoms with van der Waals surface area (Å²) < 4.78 is 15.4. The van der Waals surface area contributed by atoms with E-state index in [1.807, 2.05) is 43.3 Å². The number of nitrogens with one attached hydrogen (secondary N) is 1. The first-order valence-corrected chi connectivity index (χ1v) is 13.0. The zero-order chi connectivity index (χ0) is 29.5. The average Bonchev–Trinajstić information content (AvgIpc) is 2.95. The average molecular weight is 556 g/mol. The molecule has 210 valence electrons. The maximum absolute atomic E-state index is 14.0. The fraction of sp³-hybridized carbons (Fsp3) is 0.188. The number of carboxylic acid groups (broad SMARTS) is 1. The predicted octanol–water partition coefficient (Wildman–Crippen LogP) is 5.70. The molecule has 0 aliphatic heterocycles. The molecule has 1 atom stereocenters. The lowest BCUT2D eigenvalue weighted by atomic mass is 9.83. The second kappa shape index (κ2) is 12.9. The number of carbonyl (C=O) groups is 2. The Hall–Kier alpha value is -5.05. The van der Waals surface area contributed by atoms with Gasteiger partial charge in [0.2, 0.25) is 11.5 Å². The Morgan fingerprint density at radius 1 is 0.951 bits per heavy atom. The number of pyridine rings is 1. The SMILES string of the molecule is Cc1cc(F)ccc1C(C/C(=N/O)c1ccc(=O)n(C)c1)c1ccc(-c2ccc(NC(=O)CCC(=O)O)cc2)cc1. The minimum absolute atomic E-state index is 0.0989. The summed E-state index contributed by atoms with van der Waals surface area (Å²) in [6.07, 6.45) is 1.59. The molecule has 41 heavy (non-hydrogen) atoms. The van der Waals surface area contributed by atoms with Crippen molar-refractivity contribution >= 4 is 23.3 Å². The maximum atomic E-state index is 14.0. The third-order valence-corrected chi connectivity index (χ3v) is 6.93. The number of aryl methyl sites for hydroxylation is 2. The molecule has 1 heterocycles. The maximum Gasteiger partial charge on any atom is 0.303 e. The number of carbonyl (C=O) groups excluding carboxylic acids is 1. The lowest BCUT2D eigenvalue weighted by Gasteiger charge is -2.21. The van der Waals surface area contributed by atoms with Gasteiger partial charge in [0.05, 0.1) is 12.1 Å². The summed E-state index contributed by atoms with van der Waals surface area (Å²) in [5.41, 5.74) is 5.80. The number of amides is 1. The molecule has 0 aliphatic rings. The van der Waals surface area contributed by atoms with Crippen LogP contribution in [-0.4, -0.2) is 32.5 Å². The van der Waals surface area contributed by atoms with Crippen molar-refractivity contribution in [3.05, 3.63) is 123 Å². The van der Waals surface area contributed by atoms with Crippen LogP contribution < -0.4 is 10.9 Å². The Balaban J connectivity index is 1.60. The van der Waals surface area contributed by atoms with E-state index in [1.165, 1.54) is 22.8 Å². The zero-order valence-corrected chi connectivity index (χ0v) is 22.7. The highest BCUT2D eigenvalue weighted by Gasteiger charge is 2.21. The normalized spacial score (nSPS) is 12.1. The minimum Gasteiger partial charge on any atom is -0.481 e. The van der Waals surface area contributed by atoms with Gasteiger partial charge in [0.15, 0.2) is 0 Å². The molecule has 0 aliphatic carbocycles. The second-order valence-corrected chi connectivity index (χ2v) is 9.81. The van der Waals surface area contributed by atoms with Crippen LogP contribution in [0.5, 0.6) is 0 Å². The summed E-state index contributed by atoms with van der Waals surface area (Å²) in [6, 6.07) is 22.8. The number of rotatable bonds is 10. The van der Waals surface area contributed by atoms with E-state index in [4.69, 9.17) is 5.11 Å². The van der Waals surface area contributed by atoms with Gasteiger partial charge in [-0.3, -0.25) is 14.4 Å². The van der Waals surface area contributed by atoms with Crippen molar-refractivity contribution in [2.45, 2.75) is 32.1 Å². The molecular weight excluding hydrogens is 525 g/mol. The Morgan fingerprint density at radius 3 is 2.20 bits per heavy atom. The molecular formula is C32H30FN3O5. The van der Waals surface area contributed by atoms with E-state index in [9.17, 15) is 24.0 Å². The fourth-order valence-electron chi connectivity index (χ4n) is 4.71. The Kier molecular flexibility index (Phi) is 9.08. The highest BCUT2D eigenvalue weighted by atomic mass is 19.1. The molecule has 0 saturated carbocycles. The number of aliphatic carboxylic acids is 1. The number of nitrogens with zero attached hydrogens (tertiary/aromatic N) is 2. The van der Waals surface area contributed by atoms with Gasteiger partial charge in [-0.2, -0.15) is 0 Å². The van der Waals surface area contributed by atoms with Gasteiger partial charge in [0.1, 0.15) is 5.82 Å². The van der Waals surface area contributed by atoms with E-state index in [0.29, 0.717) is 23.4 Å². The highest BCUT2D eigenvalue weighted by Crippen LogP contribution is 2.34. The number of benzene rings is 3. The van der Waals surface area contributed by atoms with Crippen LogP contribution >= 0.6 is 0 Å². The minimum atomic E-state index is -1.03.